The standard InChI is InChI=1S/C22H24N6O4/c1-25-11-13-26(14-12-25)23-15-20-21(16-3-9-19(32-2)10-4-16)24-27(22(20)29)17-5-7-18(8-6-17)28(30)31/h3-10,15,24H,11-14H2,1-2H3. The van der Waals surface area contributed by atoms with Gasteiger partial charge in [-0.2, -0.15) is 5.10 Å². The summed E-state index contributed by atoms with van der Waals surface area (Å²) in [6.07, 6.45) is 1.59. The molecule has 0 aliphatic carbocycles. The van der Waals surface area contributed by atoms with Crippen LogP contribution < -0.4 is 10.3 Å². The average Bonchev–Trinajstić information content (AvgIpc) is 3.15. The molecule has 4 rings (SSSR count). The largest absolute Gasteiger partial charge is 0.497 e. The van der Waals surface area contributed by atoms with E-state index in [9.17, 15) is 14.9 Å². The van der Waals surface area contributed by atoms with Crippen molar-refractivity contribution in [3.05, 3.63) is 74.6 Å². The molecule has 1 fully saturated rings. The number of nitrogens with zero attached hydrogens (tertiary/aromatic N) is 5. The summed E-state index contributed by atoms with van der Waals surface area (Å²) < 4.78 is 6.60. The molecule has 3 aromatic rings. The maximum Gasteiger partial charge on any atom is 0.280 e. The van der Waals surface area contributed by atoms with Crippen LogP contribution in [0, 0.1) is 10.1 Å². The molecular formula is C22H24N6O4. The molecule has 0 bridgehead atoms. The van der Waals surface area contributed by atoms with Crippen molar-refractivity contribution in [2.45, 2.75) is 0 Å². The fraction of sp³-hybridized carbons (Fsp3) is 0.273. The lowest BCUT2D eigenvalue weighted by atomic mass is 10.1. The Morgan fingerprint density at radius 2 is 1.72 bits per heavy atom. The second-order valence-corrected chi connectivity index (χ2v) is 7.54. The Kier molecular flexibility index (Phi) is 6.04. The van der Waals surface area contributed by atoms with Gasteiger partial charge in [0.05, 0.1) is 35.2 Å². The molecule has 166 valence electrons. The Balaban J connectivity index is 1.75. The molecule has 2 aromatic carbocycles. The van der Waals surface area contributed by atoms with E-state index in [1.165, 1.54) is 28.9 Å². The highest BCUT2D eigenvalue weighted by atomic mass is 16.6. The van der Waals surface area contributed by atoms with Gasteiger partial charge in [0, 0.05) is 43.9 Å². The molecule has 0 spiro atoms. The van der Waals surface area contributed by atoms with Crippen LogP contribution in [0.1, 0.15) is 5.56 Å². The Hall–Kier alpha value is -3.92. The van der Waals surface area contributed by atoms with Crippen LogP contribution in [0.25, 0.3) is 16.9 Å². The maximum absolute atomic E-state index is 13.3. The number of hydrogen-bond donors (Lipinski definition) is 1. The Morgan fingerprint density at radius 1 is 1.06 bits per heavy atom. The van der Waals surface area contributed by atoms with Crippen LogP contribution in [0.15, 0.2) is 58.4 Å². The molecular weight excluding hydrogens is 412 g/mol. The number of H-pyrrole nitrogens is 1. The highest BCUT2D eigenvalue weighted by Crippen LogP contribution is 2.23. The number of hydrazone groups is 1. The molecule has 0 saturated carbocycles. The number of methoxy groups -OCH3 is 1. The number of nitro groups is 1. The minimum Gasteiger partial charge on any atom is -0.497 e. The quantitative estimate of drug-likeness (QED) is 0.361. The Bertz CT molecular complexity index is 1170. The molecule has 0 atom stereocenters. The molecule has 1 N–H and O–H groups in total. The molecule has 1 aliphatic heterocycles. The SMILES string of the molecule is COc1ccc(-c2[nH]n(-c3ccc([N+](=O)[O-])cc3)c(=O)c2C=NN2CCN(C)CC2)cc1. The van der Waals surface area contributed by atoms with Gasteiger partial charge < -0.3 is 9.64 Å². The molecule has 10 heteroatoms. The average molecular weight is 436 g/mol. The van der Waals surface area contributed by atoms with E-state index in [1.807, 2.05) is 29.3 Å². The van der Waals surface area contributed by atoms with Crippen LogP contribution in [0.2, 0.25) is 0 Å². The van der Waals surface area contributed by atoms with Crippen molar-refractivity contribution in [3.8, 4) is 22.7 Å². The van der Waals surface area contributed by atoms with Crippen LogP contribution in [-0.2, 0) is 0 Å². The molecule has 0 unspecified atom stereocenters. The number of benzene rings is 2. The number of aromatic nitrogens is 2. The van der Waals surface area contributed by atoms with Gasteiger partial charge in [-0.3, -0.25) is 25.0 Å². The van der Waals surface area contributed by atoms with Crippen LogP contribution in [-0.4, -0.2) is 71.2 Å². The number of ether oxygens (including phenoxy) is 1. The lowest BCUT2D eigenvalue weighted by molar-refractivity contribution is -0.384. The van der Waals surface area contributed by atoms with Gasteiger partial charge in [0.1, 0.15) is 5.75 Å². The van der Waals surface area contributed by atoms with E-state index in [0.29, 0.717) is 22.7 Å². The van der Waals surface area contributed by atoms with Crippen molar-refractivity contribution >= 4 is 11.9 Å². The number of likely N-dealkylation sites (N-methyl/N-ethyl adjacent to an activating group) is 1. The molecule has 10 nitrogen and oxygen atoms in total. The minimum absolute atomic E-state index is 0.0411. The van der Waals surface area contributed by atoms with Gasteiger partial charge in [0.15, 0.2) is 0 Å². The Labute approximate surface area is 184 Å². The van der Waals surface area contributed by atoms with E-state index >= 15 is 0 Å². The Morgan fingerprint density at radius 3 is 2.31 bits per heavy atom. The third-order valence-electron chi connectivity index (χ3n) is 5.45. The molecule has 0 amide bonds. The summed E-state index contributed by atoms with van der Waals surface area (Å²) in [5, 5.41) is 20.6. The van der Waals surface area contributed by atoms with E-state index in [0.717, 1.165) is 31.7 Å². The first kappa shape index (κ1) is 21.3. The van der Waals surface area contributed by atoms with Crippen molar-refractivity contribution in [2.75, 3.05) is 40.3 Å². The lowest BCUT2D eigenvalue weighted by Crippen LogP contribution is -2.41. The van der Waals surface area contributed by atoms with Gasteiger partial charge >= 0.3 is 0 Å². The van der Waals surface area contributed by atoms with Crippen molar-refractivity contribution < 1.29 is 9.66 Å². The summed E-state index contributed by atoms with van der Waals surface area (Å²) in [5.41, 5.74) is 1.97. The van der Waals surface area contributed by atoms with Gasteiger partial charge in [-0.05, 0) is 43.4 Å². The van der Waals surface area contributed by atoms with Crippen molar-refractivity contribution in [2.24, 2.45) is 5.10 Å². The zero-order valence-electron chi connectivity index (χ0n) is 17.9. The summed E-state index contributed by atoms with van der Waals surface area (Å²) in [5.74, 6) is 0.707. The second kappa shape index (κ2) is 9.06. The minimum atomic E-state index is -0.474. The number of aromatic amines is 1. The topological polar surface area (TPSA) is 109 Å². The van der Waals surface area contributed by atoms with E-state index in [1.54, 1.807) is 13.3 Å². The number of hydrogen-bond acceptors (Lipinski definition) is 7. The fourth-order valence-electron chi connectivity index (χ4n) is 3.50. The third-order valence-corrected chi connectivity index (χ3v) is 5.45. The second-order valence-electron chi connectivity index (χ2n) is 7.54. The van der Waals surface area contributed by atoms with Gasteiger partial charge in [0.2, 0.25) is 0 Å². The number of nitrogens with one attached hydrogen (secondary N) is 1. The summed E-state index contributed by atoms with van der Waals surface area (Å²) >= 11 is 0. The van der Waals surface area contributed by atoms with Crippen LogP contribution >= 0.6 is 0 Å². The van der Waals surface area contributed by atoms with Crippen molar-refractivity contribution in [1.29, 1.82) is 0 Å². The molecule has 1 saturated heterocycles. The van der Waals surface area contributed by atoms with Crippen molar-refractivity contribution in [1.82, 2.24) is 19.7 Å². The third kappa shape index (κ3) is 4.40. The zero-order valence-corrected chi connectivity index (χ0v) is 17.9. The number of nitro benzene ring substituents is 1. The van der Waals surface area contributed by atoms with E-state index in [4.69, 9.17) is 4.74 Å². The molecule has 1 aliphatic rings. The van der Waals surface area contributed by atoms with Crippen molar-refractivity contribution in [3.63, 3.8) is 0 Å². The van der Waals surface area contributed by atoms with E-state index < -0.39 is 4.92 Å². The molecule has 32 heavy (non-hydrogen) atoms. The van der Waals surface area contributed by atoms with Crippen LogP contribution in [0.5, 0.6) is 5.75 Å². The maximum atomic E-state index is 13.3. The van der Waals surface area contributed by atoms with Crippen LogP contribution in [0.4, 0.5) is 5.69 Å². The zero-order chi connectivity index (χ0) is 22.7. The highest BCUT2D eigenvalue weighted by molar-refractivity contribution is 5.88. The highest BCUT2D eigenvalue weighted by Gasteiger charge is 2.18. The summed E-state index contributed by atoms with van der Waals surface area (Å²) in [4.78, 5) is 26.0. The normalized spacial score (nSPS) is 14.8. The van der Waals surface area contributed by atoms with Gasteiger partial charge in [-0.1, -0.05) is 0 Å². The molecule has 1 aromatic heterocycles. The predicted molar refractivity (Wildman–Crippen MR) is 122 cm³/mol. The fourth-order valence-corrected chi connectivity index (χ4v) is 3.50. The summed E-state index contributed by atoms with van der Waals surface area (Å²) in [6, 6.07) is 13.2. The molecule has 0 radical (unpaired) electrons. The first-order chi connectivity index (χ1) is 15.5. The summed E-state index contributed by atoms with van der Waals surface area (Å²) in [6.45, 7) is 3.38. The van der Waals surface area contributed by atoms with Gasteiger partial charge in [-0.25, -0.2) is 4.68 Å². The van der Waals surface area contributed by atoms with E-state index in [-0.39, 0.29) is 11.2 Å². The summed E-state index contributed by atoms with van der Waals surface area (Å²) in [7, 11) is 3.66. The lowest BCUT2D eigenvalue weighted by Gasteiger charge is -2.30. The monoisotopic (exact) mass is 436 g/mol. The number of rotatable bonds is 6. The molecule has 2 heterocycles. The smallest absolute Gasteiger partial charge is 0.280 e. The van der Waals surface area contributed by atoms with E-state index in [2.05, 4.69) is 22.1 Å². The predicted octanol–water partition coefficient (Wildman–Crippen LogP) is 2.33. The van der Waals surface area contributed by atoms with Crippen LogP contribution in [0.3, 0.4) is 0 Å². The van der Waals surface area contributed by atoms with Gasteiger partial charge in [0.25, 0.3) is 11.2 Å². The first-order valence-electron chi connectivity index (χ1n) is 10.2. The number of piperazine rings is 1. The van der Waals surface area contributed by atoms with Gasteiger partial charge in [-0.15, -0.1) is 0 Å². The first-order valence-corrected chi connectivity index (χ1v) is 10.2. The number of non-ortho nitro benzene ring substituents is 1.